The minimum atomic E-state index is -3.85. The van der Waals surface area contributed by atoms with E-state index >= 15 is 0 Å². The molecule has 0 bridgehead atoms. The van der Waals surface area contributed by atoms with Gasteiger partial charge in [-0.1, -0.05) is 12.1 Å². The van der Waals surface area contributed by atoms with Gasteiger partial charge in [-0.2, -0.15) is 0 Å². The molecule has 2 aromatic carbocycles. The Labute approximate surface area is 236 Å². The molecule has 2 aromatic heterocycles. The van der Waals surface area contributed by atoms with Crippen molar-refractivity contribution in [2.45, 2.75) is 11.5 Å². The summed E-state index contributed by atoms with van der Waals surface area (Å²) in [7, 11) is -2.49. The summed E-state index contributed by atoms with van der Waals surface area (Å²) in [5.41, 5.74) is 2.36. The van der Waals surface area contributed by atoms with Gasteiger partial charge in [0, 0.05) is 55.4 Å². The number of methoxy groups -OCH3 is 1. The number of amides is 1. The summed E-state index contributed by atoms with van der Waals surface area (Å²) in [6.07, 6.45) is 4.23. The van der Waals surface area contributed by atoms with Crippen LogP contribution in [0.25, 0.3) is 11.4 Å². The minimum Gasteiger partial charge on any atom is -0.486 e. The van der Waals surface area contributed by atoms with Crippen LogP contribution < -0.4 is 19.9 Å². The molecule has 3 heterocycles. The summed E-state index contributed by atoms with van der Waals surface area (Å²) in [5.74, 6) is 0.825. The summed E-state index contributed by atoms with van der Waals surface area (Å²) in [5, 5.41) is 0. The Morgan fingerprint density at radius 3 is 2.41 bits per heavy atom. The van der Waals surface area contributed by atoms with Gasteiger partial charge in [-0.3, -0.25) is 9.52 Å². The lowest BCUT2D eigenvalue weighted by atomic mass is 10.2. The number of piperazine rings is 1. The predicted octanol–water partition coefficient (Wildman–Crippen LogP) is 3.10. The van der Waals surface area contributed by atoms with Crippen molar-refractivity contribution < 1.29 is 22.7 Å². The largest absolute Gasteiger partial charge is 0.486 e. The van der Waals surface area contributed by atoms with Crippen LogP contribution in [-0.2, 0) is 21.4 Å². The Bertz CT molecular complexity index is 1670. The smallest absolute Gasteiger partial charge is 0.409 e. The summed E-state index contributed by atoms with van der Waals surface area (Å²) < 4.78 is 39.2. The number of hydrogen-bond donors (Lipinski definition) is 2. The molecule has 1 aliphatic heterocycles. The van der Waals surface area contributed by atoms with Crippen LogP contribution in [-0.4, -0.2) is 67.7 Å². The lowest BCUT2D eigenvalue weighted by Gasteiger charge is -2.35. The van der Waals surface area contributed by atoms with E-state index in [9.17, 15) is 18.0 Å². The number of nitrogens with zero attached hydrogens (tertiary/aromatic N) is 4. The highest BCUT2D eigenvalue weighted by atomic mass is 32.2. The molecule has 0 saturated carbocycles. The van der Waals surface area contributed by atoms with Crippen LogP contribution in [0.5, 0.6) is 5.75 Å². The van der Waals surface area contributed by atoms with Crippen molar-refractivity contribution in [2.24, 2.45) is 0 Å². The number of nitrogens with one attached hydrogen (secondary N) is 2. The van der Waals surface area contributed by atoms with E-state index in [2.05, 4.69) is 24.6 Å². The lowest BCUT2D eigenvalue weighted by Crippen LogP contribution is -2.48. The molecule has 1 aliphatic rings. The topological polar surface area (TPSA) is 147 Å². The second kappa shape index (κ2) is 12.1. The normalized spacial score (nSPS) is 13.5. The van der Waals surface area contributed by atoms with E-state index in [1.165, 1.54) is 25.6 Å². The van der Waals surface area contributed by atoms with Crippen LogP contribution in [0.4, 0.5) is 16.2 Å². The molecule has 0 atom stereocenters. The number of ether oxygens (including phenoxy) is 2. The van der Waals surface area contributed by atoms with Crippen LogP contribution in [0.3, 0.4) is 0 Å². The minimum absolute atomic E-state index is 0.123. The molecule has 212 valence electrons. The van der Waals surface area contributed by atoms with Crippen LogP contribution in [0.15, 0.2) is 88.9 Å². The SMILES string of the molecule is COC(=O)N1CCN(c2ccc(S(=O)(=O)Nc3cccc(-c4ncc(OCc5cc[nH]c(=O)c5)cn4)c3)cc2)CC1. The summed E-state index contributed by atoms with van der Waals surface area (Å²) in [6, 6.07) is 16.6. The molecule has 2 N–H and O–H groups in total. The molecule has 13 heteroatoms. The molecule has 0 radical (unpaired) electrons. The first kappa shape index (κ1) is 27.6. The van der Waals surface area contributed by atoms with Crippen molar-refractivity contribution in [1.29, 1.82) is 0 Å². The molecule has 1 fully saturated rings. The number of carbonyl (C=O) groups excluding carboxylic acids is 1. The second-order valence-corrected chi connectivity index (χ2v) is 10.9. The van der Waals surface area contributed by atoms with Crippen molar-refractivity contribution in [1.82, 2.24) is 19.9 Å². The first-order valence-corrected chi connectivity index (χ1v) is 14.2. The van der Waals surface area contributed by atoms with Gasteiger partial charge in [0.2, 0.25) is 5.56 Å². The lowest BCUT2D eigenvalue weighted by molar-refractivity contribution is 0.121. The number of anilines is 2. The van der Waals surface area contributed by atoms with Crippen molar-refractivity contribution in [3.8, 4) is 17.1 Å². The first-order chi connectivity index (χ1) is 19.8. The fraction of sp³-hybridized carbons (Fsp3) is 0.214. The Hall–Kier alpha value is -4.91. The summed E-state index contributed by atoms with van der Waals surface area (Å²) >= 11 is 0. The quantitative estimate of drug-likeness (QED) is 0.323. The van der Waals surface area contributed by atoms with E-state index in [-0.39, 0.29) is 23.2 Å². The Kier molecular flexibility index (Phi) is 8.15. The third-order valence-electron chi connectivity index (χ3n) is 6.47. The van der Waals surface area contributed by atoms with Crippen LogP contribution in [0, 0.1) is 0 Å². The monoisotopic (exact) mass is 576 g/mol. The Morgan fingerprint density at radius 2 is 1.73 bits per heavy atom. The van der Waals surface area contributed by atoms with Gasteiger partial charge in [0.1, 0.15) is 6.61 Å². The van der Waals surface area contributed by atoms with Crippen molar-refractivity contribution in [2.75, 3.05) is 42.9 Å². The molecule has 0 spiro atoms. The zero-order valence-electron chi connectivity index (χ0n) is 22.2. The molecule has 0 aliphatic carbocycles. The molecule has 4 aromatic rings. The van der Waals surface area contributed by atoms with Gasteiger partial charge in [-0.15, -0.1) is 0 Å². The van der Waals surface area contributed by atoms with E-state index in [1.54, 1.807) is 65.7 Å². The van der Waals surface area contributed by atoms with Crippen molar-refractivity contribution in [3.05, 3.63) is 95.2 Å². The number of pyridine rings is 1. The average Bonchev–Trinajstić information content (AvgIpc) is 3.00. The second-order valence-electron chi connectivity index (χ2n) is 9.22. The van der Waals surface area contributed by atoms with Crippen molar-refractivity contribution >= 4 is 27.5 Å². The van der Waals surface area contributed by atoms with E-state index in [0.717, 1.165) is 5.69 Å². The van der Waals surface area contributed by atoms with Gasteiger partial charge in [-0.05, 0) is 48.0 Å². The van der Waals surface area contributed by atoms with Gasteiger partial charge >= 0.3 is 6.09 Å². The third-order valence-corrected chi connectivity index (χ3v) is 7.87. The zero-order chi connectivity index (χ0) is 28.8. The van der Waals surface area contributed by atoms with Gasteiger partial charge < -0.3 is 24.3 Å². The van der Waals surface area contributed by atoms with Gasteiger partial charge in [0.05, 0.1) is 24.4 Å². The van der Waals surface area contributed by atoms with Crippen LogP contribution in [0.1, 0.15) is 5.56 Å². The van der Waals surface area contributed by atoms with Crippen molar-refractivity contribution in [3.63, 3.8) is 0 Å². The number of aromatic nitrogens is 3. The average molecular weight is 577 g/mol. The molecular weight excluding hydrogens is 548 g/mol. The number of aromatic amines is 1. The number of sulfonamides is 1. The standard InChI is InChI=1S/C28H28N6O6S/c1-39-28(36)34-13-11-33(12-14-34)23-5-7-25(8-6-23)41(37,38)32-22-4-2-3-21(16-22)27-30-17-24(18-31-27)40-19-20-9-10-29-26(35)15-20/h2-10,15-18,32H,11-14,19H2,1H3,(H,29,35). The summed E-state index contributed by atoms with van der Waals surface area (Å²) in [4.78, 5) is 38.2. The van der Waals surface area contributed by atoms with Crippen LogP contribution >= 0.6 is 0 Å². The third kappa shape index (κ3) is 6.81. The highest BCUT2D eigenvalue weighted by molar-refractivity contribution is 7.92. The van der Waals surface area contributed by atoms with E-state index in [1.807, 2.05) is 0 Å². The number of benzene rings is 2. The molecule has 12 nitrogen and oxygen atoms in total. The molecule has 0 unspecified atom stereocenters. The molecule has 1 amide bonds. The van der Waals surface area contributed by atoms with E-state index in [4.69, 9.17) is 9.47 Å². The summed E-state index contributed by atoms with van der Waals surface area (Å²) in [6.45, 7) is 2.49. The van der Waals surface area contributed by atoms with E-state index in [0.29, 0.717) is 54.6 Å². The number of rotatable bonds is 8. The van der Waals surface area contributed by atoms with Crippen LogP contribution in [0.2, 0.25) is 0 Å². The maximum Gasteiger partial charge on any atom is 0.409 e. The Balaban J connectivity index is 1.21. The molecule has 41 heavy (non-hydrogen) atoms. The predicted molar refractivity (Wildman–Crippen MR) is 152 cm³/mol. The molecular formula is C28H28N6O6S. The maximum absolute atomic E-state index is 13.1. The van der Waals surface area contributed by atoms with Gasteiger partial charge in [0.25, 0.3) is 10.0 Å². The highest BCUT2D eigenvalue weighted by Crippen LogP contribution is 2.25. The Morgan fingerprint density at radius 1 is 1.00 bits per heavy atom. The van der Waals surface area contributed by atoms with E-state index < -0.39 is 10.0 Å². The molecule has 5 rings (SSSR count). The van der Waals surface area contributed by atoms with Gasteiger partial charge in [-0.25, -0.2) is 23.2 Å². The zero-order valence-corrected chi connectivity index (χ0v) is 23.0. The maximum atomic E-state index is 13.1. The number of H-pyrrole nitrogens is 1. The number of hydrogen-bond acceptors (Lipinski definition) is 9. The highest BCUT2D eigenvalue weighted by Gasteiger charge is 2.22. The fourth-order valence-corrected chi connectivity index (χ4v) is 5.38. The molecule has 1 saturated heterocycles. The van der Waals surface area contributed by atoms with Gasteiger partial charge in [0.15, 0.2) is 11.6 Å². The number of carbonyl (C=O) groups is 1. The fourth-order valence-electron chi connectivity index (χ4n) is 4.33. The first-order valence-electron chi connectivity index (χ1n) is 12.7.